The van der Waals surface area contributed by atoms with Gasteiger partial charge in [-0.1, -0.05) is 18.6 Å². The quantitative estimate of drug-likeness (QED) is 0.634. The van der Waals surface area contributed by atoms with Crippen molar-refractivity contribution >= 4 is 28.3 Å². The molecule has 3 aliphatic heterocycles. The molecule has 0 saturated carbocycles. The van der Waals surface area contributed by atoms with Gasteiger partial charge in [0.25, 0.3) is 5.91 Å². The largest absolute Gasteiger partial charge is 0.491 e. The van der Waals surface area contributed by atoms with Crippen molar-refractivity contribution in [1.29, 1.82) is 0 Å². The van der Waals surface area contributed by atoms with Gasteiger partial charge in [0.05, 0.1) is 30.7 Å². The molecule has 0 atom stereocenters. The number of nitrogens with one attached hydrogen (secondary N) is 2. The number of nitrogens with zero attached hydrogens (tertiary/aromatic N) is 3. The lowest BCUT2D eigenvalue weighted by Gasteiger charge is -2.40. The van der Waals surface area contributed by atoms with Crippen molar-refractivity contribution in [2.75, 3.05) is 64.0 Å². The van der Waals surface area contributed by atoms with Crippen LogP contribution in [-0.2, 0) is 16.1 Å². The molecule has 1 aromatic heterocycles. The SMILES string of the molecule is O=C1NCCCCC2(CCN(Cc3cnc(N4CCOCC4)s3)CC2)C(=O)NCCOc2ccccc21. The summed E-state index contributed by atoms with van der Waals surface area (Å²) in [5.74, 6) is 0.575. The van der Waals surface area contributed by atoms with E-state index in [0.717, 1.165) is 83.2 Å². The van der Waals surface area contributed by atoms with Crippen molar-refractivity contribution in [3.8, 4) is 5.75 Å². The van der Waals surface area contributed by atoms with Gasteiger partial charge in [0.1, 0.15) is 12.4 Å². The second-order valence-corrected chi connectivity index (χ2v) is 11.2. The van der Waals surface area contributed by atoms with E-state index in [1.165, 1.54) is 4.88 Å². The highest BCUT2D eigenvalue weighted by Crippen LogP contribution is 2.38. The summed E-state index contributed by atoms with van der Waals surface area (Å²) in [6.45, 7) is 7.31. The molecule has 200 valence electrons. The Hall–Kier alpha value is -2.69. The van der Waals surface area contributed by atoms with Crippen molar-refractivity contribution in [3.05, 3.63) is 40.9 Å². The molecule has 5 rings (SSSR count). The summed E-state index contributed by atoms with van der Waals surface area (Å²) < 4.78 is 11.3. The van der Waals surface area contributed by atoms with Crippen LogP contribution in [0.3, 0.4) is 0 Å². The summed E-state index contributed by atoms with van der Waals surface area (Å²) in [6.07, 6.45) is 6.26. The Kier molecular flexibility index (Phi) is 8.58. The lowest BCUT2D eigenvalue weighted by Crippen LogP contribution is -2.49. The number of para-hydroxylation sites is 1. The average Bonchev–Trinajstić information content (AvgIpc) is 3.40. The lowest BCUT2D eigenvalue weighted by atomic mass is 9.73. The lowest BCUT2D eigenvalue weighted by molar-refractivity contribution is -0.134. The maximum Gasteiger partial charge on any atom is 0.255 e. The van der Waals surface area contributed by atoms with Crippen LogP contribution in [0, 0.1) is 5.41 Å². The zero-order valence-electron chi connectivity index (χ0n) is 21.4. The third-order valence-corrected chi connectivity index (χ3v) is 8.68. The van der Waals surface area contributed by atoms with Gasteiger partial charge < -0.3 is 25.0 Å². The summed E-state index contributed by atoms with van der Waals surface area (Å²) in [5.41, 5.74) is 0.169. The first kappa shape index (κ1) is 25.9. The number of carbonyl (C=O) groups excluding carboxylic acids is 2. The van der Waals surface area contributed by atoms with E-state index < -0.39 is 0 Å². The van der Waals surface area contributed by atoms with Gasteiger partial charge in [-0.05, 0) is 50.9 Å². The van der Waals surface area contributed by atoms with Crippen molar-refractivity contribution in [3.63, 3.8) is 0 Å². The van der Waals surface area contributed by atoms with Crippen LogP contribution in [0.15, 0.2) is 30.5 Å². The first-order valence-electron chi connectivity index (χ1n) is 13.4. The van der Waals surface area contributed by atoms with Crippen LogP contribution in [0.4, 0.5) is 5.13 Å². The highest BCUT2D eigenvalue weighted by atomic mass is 32.1. The first-order chi connectivity index (χ1) is 18.1. The van der Waals surface area contributed by atoms with E-state index in [4.69, 9.17) is 9.47 Å². The van der Waals surface area contributed by atoms with E-state index in [1.54, 1.807) is 23.5 Å². The van der Waals surface area contributed by atoms with Crippen molar-refractivity contribution in [2.45, 2.75) is 38.6 Å². The molecule has 37 heavy (non-hydrogen) atoms. The average molecular weight is 528 g/mol. The Balaban J connectivity index is 1.17. The number of benzene rings is 1. The molecule has 4 heterocycles. The Morgan fingerprint density at radius 1 is 0.946 bits per heavy atom. The summed E-state index contributed by atoms with van der Waals surface area (Å²) in [5, 5.41) is 7.23. The number of rotatable bonds is 3. The van der Waals surface area contributed by atoms with E-state index in [9.17, 15) is 9.59 Å². The number of fused-ring (bicyclic) bond motifs is 1. The Labute approximate surface area is 222 Å². The summed E-state index contributed by atoms with van der Waals surface area (Å²) in [7, 11) is 0. The van der Waals surface area contributed by atoms with Crippen molar-refractivity contribution in [1.82, 2.24) is 20.5 Å². The van der Waals surface area contributed by atoms with Crippen molar-refractivity contribution < 1.29 is 19.1 Å². The number of likely N-dealkylation sites (tertiary alicyclic amines) is 1. The predicted octanol–water partition coefficient (Wildman–Crippen LogP) is 2.67. The smallest absolute Gasteiger partial charge is 0.255 e. The second-order valence-electron chi connectivity index (χ2n) is 10.1. The highest BCUT2D eigenvalue weighted by molar-refractivity contribution is 7.15. The molecule has 9 nitrogen and oxygen atoms in total. The number of hydrogen-bond donors (Lipinski definition) is 2. The molecule has 2 N–H and O–H groups in total. The third-order valence-electron chi connectivity index (χ3n) is 7.64. The van der Waals surface area contributed by atoms with Gasteiger partial charge in [0.2, 0.25) is 5.91 Å². The maximum atomic E-state index is 13.4. The van der Waals surface area contributed by atoms with Gasteiger partial charge in [-0.3, -0.25) is 14.5 Å². The minimum Gasteiger partial charge on any atom is -0.491 e. The molecule has 0 aliphatic carbocycles. The molecule has 2 saturated heterocycles. The minimum absolute atomic E-state index is 0.112. The molecule has 2 amide bonds. The van der Waals surface area contributed by atoms with E-state index in [2.05, 4.69) is 25.4 Å². The van der Waals surface area contributed by atoms with Crippen LogP contribution in [-0.4, -0.2) is 80.8 Å². The number of thiazole rings is 1. The van der Waals surface area contributed by atoms with E-state index in [-0.39, 0.29) is 17.2 Å². The van der Waals surface area contributed by atoms with Crippen LogP contribution in [0.5, 0.6) is 5.75 Å². The summed E-state index contributed by atoms with van der Waals surface area (Å²) in [4.78, 5) is 36.7. The molecule has 0 bridgehead atoms. The Bertz CT molecular complexity index is 1060. The number of hydrogen-bond acceptors (Lipinski definition) is 8. The molecule has 2 fully saturated rings. The van der Waals surface area contributed by atoms with E-state index in [0.29, 0.717) is 31.0 Å². The van der Waals surface area contributed by atoms with Crippen LogP contribution in [0.2, 0.25) is 0 Å². The topological polar surface area (TPSA) is 96.0 Å². The zero-order chi connectivity index (χ0) is 25.5. The fourth-order valence-corrected chi connectivity index (χ4v) is 6.40. The standard InChI is InChI=1S/C27H37N5O4S/c33-24-22-5-1-2-6-23(22)36-16-11-29-25(34)27(7-3-4-10-28-24)8-12-31(13-9-27)20-21-19-30-26(37-21)32-14-17-35-18-15-32/h1-2,5-6,19H,3-4,7-18,20H2,(H,28,33)(H,29,34). The van der Waals surface area contributed by atoms with Gasteiger partial charge in [-0.15, -0.1) is 11.3 Å². The molecule has 10 heteroatoms. The first-order valence-corrected chi connectivity index (χ1v) is 14.2. The summed E-state index contributed by atoms with van der Waals surface area (Å²) >= 11 is 1.77. The van der Waals surface area contributed by atoms with Crippen LogP contribution in [0.1, 0.15) is 47.3 Å². The maximum absolute atomic E-state index is 13.4. The number of aromatic nitrogens is 1. The summed E-state index contributed by atoms with van der Waals surface area (Å²) in [6, 6.07) is 7.26. The van der Waals surface area contributed by atoms with E-state index >= 15 is 0 Å². The fourth-order valence-electron chi connectivity index (χ4n) is 5.40. The van der Waals surface area contributed by atoms with Crippen LogP contribution >= 0.6 is 11.3 Å². The number of amides is 2. The molecular weight excluding hydrogens is 490 g/mol. The Morgan fingerprint density at radius 3 is 2.59 bits per heavy atom. The number of carbonyl (C=O) groups is 2. The number of piperidine rings is 1. The molecule has 0 radical (unpaired) electrons. The van der Waals surface area contributed by atoms with Gasteiger partial charge in [0.15, 0.2) is 5.13 Å². The van der Waals surface area contributed by atoms with Crippen LogP contribution in [0.25, 0.3) is 0 Å². The van der Waals surface area contributed by atoms with Gasteiger partial charge in [-0.25, -0.2) is 4.98 Å². The molecule has 1 aromatic carbocycles. The molecule has 3 aliphatic rings. The van der Waals surface area contributed by atoms with Gasteiger partial charge in [0, 0.05) is 37.3 Å². The third kappa shape index (κ3) is 6.42. The normalized spacial score (nSPS) is 21.9. The highest BCUT2D eigenvalue weighted by Gasteiger charge is 2.40. The molecule has 1 spiro atoms. The Morgan fingerprint density at radius 2 is 1.76 bits per heavy atom. The monoisotopic (exact) mass is 527 g/mol. The van der Waals surface area contributed by atoms with E-state index in [1.807, 2.05) is 18.3 Å². The molecule has 0 unspecified atom stereocenters. The number of ether oxygens (including phenoxy) is 2. The van der Waals surface area contributed by atoms with Gasteiger partial charge >= 0.3 is 0 Å². The van der Waals surface area contributed by atoms with Crippen LogP contribution < -0.4 is 20.3 Å². The number of morpholine rings is 1. The second kappa shape index (κ2) is 12.2. The predicted molar refractivity (Wildman–Crippen MR) is 143 cm³/mol. The molecule has 2 aromatic rings. The minimum atomic E-state index is -0.366. The number of anilines is 1. The van der Waals surface area contributed by atoms with Crippen molar-refractivity contribution in [2.24, 2.45) is 5.41 Å². The molecular formula is C27H37N5O4S. The van der Waals surface area contributed by atoms with Gasteiger partial charge in [-0.2, -0.15) is 0 Å². The fraction of sp³-hybridized carbons (Fsp3) is 0.593. The zero-order valence-corrected chi connectivity index (χ0v) is 22.2.